The number of carbonyl (C=O) groups excluding carboxylic acids is 2. The number of anilines is 1. The molecule has 8 heteroatoms. The molecule has 160 valence electrons. The summed E-state index contributed by atoms with van der Waals surface area (Å²) in [5.74, 6) is 0.305. The molecule has 0 radical (unpaired) electrons. The first kappa shape index (κ1) is 21.7. The highest BCUT2D eigenvalue weighted by atomic mass is 19.4. The second-order valence-electron chi connectivity index (χ2n) is 7.14. The molecular weight excluding hydrogens is 397 g/mol. The number of ether oxygens (including phenoxy) is 1. The number of benzene rings is 2. The Morgan fingerprint density at radius 1 is 0.767 bits per heavy atom. The molecule has 2 amide bonds. The maximum Gasteiger partial charge on any atom is 0.416 e. The first-order valence-corrected chi connectivity index (χ1v) is 9.84. The molecule has 30 heavy (non-hydrogen) atoms. The van der Waals surface area contributed by atoms with Crippen LogP contribution in [-0.4, -0.2) is 24.9 Å². The summed E-state index contributed by atoms with van der Waals surface area (Å²) in [7, 11) is 0. The van der Waals surface area contributed by atoms with Gasteiger partial charge in [-0.3, -0.25) is 14.9 Å². The van der Waals surface area contributed by atoms with Crippen molar-refractivity contribution in [1.29, 1.82) is 0 Å². The van der Waals surface area contributed by atoms with Gasteiger partial charge >= 0.3 is 6.18 Å². The number of hydrogen-bond acceptors (Lipinski definition) is 4. The number of rotatable bonds is 3. The highest BCUT2D eigenvalue weighted by Crippen LogP contribution is 2.31. The predicted octanol–water partition coefficient (Wildman–Crippen LogP) is 4.91. The smallest absolute Gasteiger partial charge is 0.416 e. The highest BCUT2D eigenvalue weighted by Gasteiger charge is 2.30. The van der Waals surface area contributed by atoms with Crippen LogP contribution in [0.25, 0.3) is 0 Å². The lowest BCUT2D eigenvalue weighted by Crippen LogP contribution is -2.33. The van der Waals surface area contributed by atoms with Gasteiger partial charge in [-0.1, -0.05) is 6.42 Å². The first-order chi connectivity index (χ1) is 14.3. The minimum atomic E-state index is -4.38. The maximum absolute atomic E-state index is 12.6. The van der Waals surface area contributed by atoms with Gasteiger partial charge in [-0.25, -0.2) is 0 Å². The zero-order valence-corrected chi connectivity index (χ0v) is 16.4. The fourth-order valence-corrected chi connectivity index (χ4v) is 3.23. The standard InChI is InChI=1S/C22H23F3N2O3/c23-22(24,25)16-5-9-18(10-6-16)30-19-11-7-17(8-12-19)27-14-3-1-2-4-20(28)26-21(29)13-15-27/h5-12H,1-4,13-15H2,(H,26,28,29). The topological polar surface area (TPSA) is 58.6 Å². The number of amides is 2. The summed E-state index contributed by atoms with van der Waals surface area (Å²) in [6.07, 6.45) is -1.25. The first-order valence-electron chi connectivity index (χ1n) is 9.84. The number of halogens is 3. The average Bonchev–Trinajstić information content (AvgIpc) is 2.73. The van der Waals surface area contributed by atoms with Crippen LogP contribution in [0.3, 0.4) is 0 Å². The fourth-order valence-electron chi connectivity index (χ4n) is 3.23. The highest BCUT2D eigenvalue weighted by molar-refractivity contribution is 5.95. The van der Waals surface area contributed by atoms with Crippen molar-refractivity contribution in [3.8, 4) is 11.5 Å². The van der Waals surface area contributed by atoms with E-state index in [0.29, 0.717) is 24.5 Å². The molecule has 0 aliphatic carbocycles. The average molecular weight is 420 g/mol. The van der Waals surface area contributed by atoms with Crippen LogP contribution in [-0.2, 0) is 15.8 Å². The van der Waals surface area contributed by atoms with E-state index in [4.69, 9.17) is 4.74 Å². The maximum atomic E-state index is 12.6. The van der Waals surface area contributed by atoms with E-state index in [1.165, 1.54) is 12.1 Å². The minimum absolute atomic E-state index is 0.218. The van der Waals surface area contributed by atoms with Gasteiger partial charge < -0.3 is 9.64 Å². The summed E-state index contributed by atoms with van der Waals surface area (Å²) in [5, 5.41) is 2.40. The zero-order valence-electron chi connectivity index (χ0n) is 16.4. The molecular formula is C22H23F3N2O3. The van der Waals surface area contributed by atoms with Gasteiger partial charge in [0, 0.05) is 31.6 Å². The van der Waals surface area contributed by atoms with Crippen molar-refractivity contribution >= 4 is 17.5 Å². The summed E-state index contributed by atoms with van der Waals surface area (Å²) in [6.45, 7) is 1.25. The van der Waals surface area contributed by atoms with Gasteiger partial charge in [-0.05, 0) is 61.4 Å². The largest absolute Gasteiger partial charge is 0.457 e. The second-order valence-corrected chi connectivity index (χ2v) is 7.14. The summed E-state index contributed by atoms with van der Waals surface area (Å²) < 4.78 is 43.6. The monoisotopic (exact) mass is 420 g/mol. The van der Waals surface area contributed by atoms with Gasteiger partial charge in [0.1, 0.15) is 11.5 Å². The molecule has 0 spiro atoms. The van der Waals surface area contributed by atoms with Crippen molar-refractivity contribution in [2.24, 2.45) is 0 Å². The van der Waals surface area contributed by atoms with E-state index in [9.17, 15) is 22.8 Å². The second kappa shape index (κ2) is 9.65. The van der Waals surface area contributed by atoms with Gasteiger partial charge in [0.05, 0.1) is 5.56 Å². The van der Waals surface area contributed by atoms with Gasteiger partial charge in [0.15, 0.2) is 0 Å². The van der Waals surface area contributed by atoms with Crippen LogP contribution in [0.2, 0.25) is 0 Å². The molecule has 0 aromatic heterocycles. The molecule has 5 nitrogen and oxygen atoms in total. The normalized spacial score (nSPS) is 16.6. The van der Waals surface area contributed by atoms with Crippen LogP contribution in [0.1, 0.15) is 37.7 Å². The van der Waals surface area contributed by atoms with Crippen molar-refractivity contribution in [3.63, 3.8) is 0 Å². The minimum Gasteiger partial charge on any atom is -0.457 e. The van der Waals surface area contributed by atoms with E-state index in [-0.39, 0.29) is 18.2 Å². The number of carbonyl (C=O) groups is 2. The van der Waals surface area contributed by atoms with Gasteiger partial charge in [-0.15, -0.1) is 0 Å². The Kier molecular flexibility index (Phi) is 6.97. The van der Waals surface area contributed by atoms with Crippen LogP contribution in [0.5, 0.6) is 11.5 Å². The molecule has 3 rings (SSSR count). The number of nitrogens with one attached hydrogen (secondary N) is 1. The van der Waals surface area contributed by atoms with Crippen molar-refractivity contribution in [2.75, 3.05) is 18.0 Å². The Morgan fingerprint density at radius 3 is 2.00 bits per heavy atom. The zero-order chi connectivity index (χ0) is 21.6. The molecule has 1 aliphatic rings. The van der Waals surface area contributed by atoms with Gasteiger partial charge in [0.2, 0.25) is 11.8 Å². The Hall–Kier alpha value is -3.03. The van der Waals surface area contributed by atoms with Crippen molar-refractivity contribution in [2.45, 2.75) is 38.3 Å². The van der Waals surface area contributed by atoms with Gasteiger partial charge in [-0.2, -0.15) is 13.2 Å². The summed E-state index contributed by atoms with van der Waals surface area (Å²) in [4.78, 5) is 25.6. The van der Waals surface area contributed by atoms with E-state index >= 15 is 0 Å². The van der Waals surface area contributed by atoms with E-state index in [1.54, 1.807) is 12.1 Å². The fraction of sp³-hybridized carbons (Fsp3) is 0.364. The van der Waals surface area contributed by atoms with Crippen LogP contribution >= 0.6 is 0 Å². The number of nitrogens with zero attached hydrogens (tertiary/aromatic N) is 1. The lowest BCUT2D eigenvalue weighted by molar-refractivity contribution is -0.137. The molecule has 0 unspecified atom stereocenters. The molecule has 2 aromatic carbocycles. The third-order valence-electron chi connectivity index (χ3n) is 4.84. The molecule has 1 fully saturated rings. The summed E-state index contributed by atoms with van der Waals surface area (Å²) in [6, 6.07) is 11.7. The molecule has 0 atom stereocenters. The van der Waals surface area contributed by atoms with Crippen molar-refractivity contribution in [1.82, 2.24) is 5.32 Å². The molecule has 1 aliphatic heterocycles. The van der Waals surface area contributed by atoms with Crippen molar-refractivity contribution in [3.05, 3.63) is 54.1 Å². The molecule has 2 aromatic rings. The van der Waals surface area contributed by atoms with E-state index in [2.05, 4.69) is 10.2 Å². The van der Waals surface area contributed by atoms with E-state index in [1.807, 2.05) is 12.1 Å². The molecule has 1 heterocycles. The molecule has 0 saturated carbocycles. The quantitative estimate of drug-likeness (QED) is 0.717. The van der Waals surface area contributed by atoms with E-state index in [0.717, 1.165) is 43.6 Å². The predicted molar refractivity (Wildman–Crippen MR) is 106 cm³/mol. The number of hydrogen-bond donors (Lipinski definition) is 1. The van der Waals surface area contributed by atoms with Gasteiger partial charge in [0.25, 0.3) is 0 Å². The Morgan fingerprint density at radius 2 is 1.37 bits per heavy atom. The molecule has 1 saturated heterocycles. The number of imide groups is 1. The van der Waals surface area contributed by atoms with E-state index < -0.39 is 11.7 Å². The summed E-state index contributed by atoms with van der Waals surface area (Å²) >= 11 is 0. The Labute approximate surface area is 172 Å². The lowest BCUT2D eigenvalue weighted by Gasteiger charge is -2.24. The Balaban J connectivity index is 1.64. The van der Waals surface area contributed by atoms with Crippen molar-refractivity contribution < 1.29 is 27.5 Å². The third-order valence-corrected chi connectivity index (χ3v) is 4.84. The molecule has 0 bridgehead atoms. The summed E-state index contributed by atoms with van der Waals surface area (Å²) in [5.41, 5.74) is 0.184. The SMILES string of the molecule is O=C1CCCCCN(c2ccc(Oc3ccc(C(F)(F)F)cc3)cc2)CCC(=O)N1. The number of alkyl halides is 3. The van der Waals surface area contributed by atoms with Crippen LogP contribution < -0.4 is 15.0 Å². The molecule has 1 N–H and O–H groups in total. The van der Waals surface area contributed by atoms with Crippen LogP contribution in [0.15, 0.2) is 48.5 Å². The van der Waals surface area contributed by atoms with Crippen LogP contribution in [0.4, 0.5) is 18.9 Å². The lowest BCUT2D eigenvalue weighted by atomic mass is 10.1. The third kappa shape index (κ3) is 6.23. The van der Waals surface area contributed by atoms with Crippen LogP contribution in [0, 0.1) is 0 Å². The Bertz CT molecular complexity index is 865.